The van der Waals surface area contributed by atoms with Gasteiger partial charge in [-0.2, -0.15) is 11.8 Å². The molecule has 1 fully saturated rings. The van der Waals surface area contributed by atoms with Crippen molar-refractivity contribution < 1.29 is 9.53 Å². The third-order valence-corrected chi connectivity index (χ3v) is 3.16. The minimum Gasteiger partial charge on any atom is -0.366 e. The number of hydrogen-bond donors (Lipinski definition) is 2. The van der Waals surface area contributed by atoms with Crippen LogP contribution in [0.25, 0.3) is 0 Å². The van der Waals surface area contributed by atoms with Crippen molar-refractivity contribution in [3.63, 3.8) is 0 Å². The van der Waals surface area contributed by atoms with Gasteiger partial charge in [0.2, 0.25) is 0 Å². The summed E-state index contributed by atoms with van der Waals surface area (Å²) in [6, 6.07) is 0. The molecule has 6 heteroatoms. The number of ether oxygens (including phenoxy) is 1. The fourth-order valence-corrected chi connectivity index (χ4v) is 1.43. The zero-order valence-electron chi connectivity index (χ0n) is 9.12. The number of amides is 1. The molecule has 0 aromatic carbocycles. The zero-order chi connectivity index (χ0) is 10.4. The number of carbonyl (C=O) groups excluding carboxylic acids is 1. The van der Waals surface area contributed by atoms with Crippen LogP contribution in [0.1, 0.15) is 6.92 Å². The van der Waals surface area contributed by atoms with Crippen molar-refractivity contribution >= 4 is 30.1 Å². The van der Waals surface area contributed by atoms with E-state index in [2.05, 4.69) is 17.6 Å². The van der Waals surface area contributed by atoms with Gasteiger partial charge in [0.05, 0.1) is 6.61 Å². The van der Waals surface area contributed by atoms with Crippen LogP contribution >= 0.6 is 24.2 Å². The summed E-state index contributed by atoms with van der Waals surface area (Å²) in [6.07, 6.45) is 1.73. The molecule has 0 radical (unpaired) electrons. The standard InChI is InChI=1S/C9H18N2O2S.ClH/c1-7(14-2)5-11-9(12)8-6-10-3-4-13-8;/h7-8,10H,3-6H2,1-2H3,(H,11,12);1H/t7?,8-;/m0./s1. The van der Waals surface area contributed by atoms with Crippen LogP contribution in [0.15, 0.2) is 0 Å². The van der Waals surface area contributed by atoms with Crippen molar-refractivity contribution in [1.82, 2.24) is 10.6 Å². The van der Waals surface area contributed by atoms with Crippen molar-refractivity contribution in [1.29, 1.82) is 0 Å². The third kappa shape index (κ3) is 5.61. The van der Waals surface area contributed by atoms with Crippen LogP contribution in [-0.2, 0) is 9.53 Å². The molecule has 1 aliphatic rings. The molecule has 2 N–H and O–H groups in total. The van der Waals surface area contributed by atoms with Crippen LogP contribution in [0.5, 0.6) is 0 Å². The van der Waals surface area contributed by atoms with Gasteiger partial charge in [0.15, 0.2) is 0 Å². The largest absolute Gasteiger partial charge is 0.366 e. The molecule has 1 rings (SSSR count). The van der Waals surface area contributed by atoms with Crippen molar-refractivity contribution in [3.8, 4) is 0 Å². The van der Waals surface area contributed by atoms with Gasteiger partial charge in [0.25, 0.3) is 5.91 Å². The van der Waals surface area contributed by atoms with Crippen molar-refractivity contribution in [3.05, 3.63) is 0 Å². The highest BCUT2D eigenvalue weighted by atomic mass is 35.5. The first kappa shape index (κ1) is 15.0. The first-order valence-corrected chi connectivity index (χ1v) is 6.15. The van der Waals surface area contributed by atoms with E-state index in [1.807, 2.05) is 6.26 Å². The Bertz CT molecular complexity index is 189. The number of nitrogens with one attached hydrogen (secondary N) is 2. The number of hydrogen-bond acceptors (Lipinski definition) is 4. The molecule has 1 saturated heterocycles. The van der Waals surface area contributed by atoms with Crippen LogP contribution in [-0.4, -0.2) is 49.8 Å². The fraction of sp³-hybridized carbons (Fsp3) is 0.889. The quantitative estimate of drug-likeness (QED) is 0.756. The zero-order valence-corrected chi connectivity index (χ0v) is 10.7. The second-order valence-electron chi connectivity index (χ2n) is 3.36. The molecule has 15 heavy (non-hydrogen) atoms. The Morgan fingerprint density at radius 2 is 2.47 bits per heavy atom. The molecule has 0 aromatic heterocycles. The summed E-state index contributed by atoms with van der Waals surface area (Å²) < 4.78 is 5.32. The molecule has 0 saturated carbocycles. The molecule has 1 unspecified atom stereocenters. The molecule has 0 aromatic rings. The molecule has 1 heterocycles. The highest BCUT2D eigenvalue weighted by Gasteiger charge is 2.21. The predicted octanol–water partition coefficient (Wildman–Crippen LogP) is 0.264. The Morgan fingerprint density at radius 3 is 3.00 bits per heavy atom. The summed E-state index contributed by atoms with van der Waals surface area (Å²) in [6.45, 7) is 4.88. The molecular formula is C9H19ClN2O2S. The molecule has 4 nitrogen and oxygen atoms in total. The smallest absolute Gasteiger partial charge is 0.250 e. The minimum atomic E-state index is -0.308. The fourth-order valence-electron chi connectivity index (χ4n) is 1.18. The predicted molar refractivity (Wildman–Crippen MR) is 65.8 cm³/mol. The number of thioether (sulfide) groups is 1. The molecular weight excluding hydrogens is 236 g/mol. The first-order valence-electron chi connectivity index (χ1n) is 4.87. The summed E-state index contributed by atoms with van der Waals surface area (Å²) >= 11 is 1.74. The Morgan fingerprint density at radius 1 is 1.73 bits per heavy atom. The van der Waals surface area contributed by atoms with Gasteiger partial charge in [-0.25, -0.2) is 0 Å². The van der Waals surface area contributed by atoms with Gasteiger partial charge in [-0.05, 0) is 6.26 Å². The van der Waals surface area contributed by atoms with E-state index in [0.717, 1.165) is 6.54 Å². The summed E-state index contributed by atoms with van der Waals surface area (Å²) in [5.74, 6) is -0.00176. The maximum atomic E-state index is 11.5. The van der Waals surface area contributed by atoms with E-state index in [-0.39, 0.29) is 24.4 Å². The van der Waals surface area contributed by atoms with Gasteiger partial charge in [-0.15, -0.1) is 12.4 Å². The number of morpholine rings is 1. The van der Waals surface area contributed by atoms with Gasteiger partial charge in [-0.1, -0.05) is 6.92 Å². The number of halogens is 1. The van der Waals surface area contributed by atoms with Crippen LogP contribution in [0.2, 0.25) is 0 Å². The number of rotatable bonds is 4. The second-order valence-corrected chi connectivity index (χ2v) is 4.63. The molecule has 1 aliphatic heterocycles. The average molecular weight is 255 g/mol. The lowest BCUT2D eigenvalue weighted by atomic mass is 10.3. The lowest BCUT2D eigenvalue weighted by Crippen LogP contribution is -2.48. The lowest BCUT2D eigenvalue weighted by Gasteiger charge is -2.23. The minimum absolute atomic E-state index is 0. The third-order valence-electron chi connectivity index (χ3n) is 2.19. The monoisotopic (exact) mass is 254 g/mol. The normalized spacial score (nSPS) is 22.7. The molecule has 0 bridgehead atoms. The Kier molecular flexibility index (Phi) is 8.23. The van der Waals surface area contributed by atoms with Crippen LogP contribution in [0.4, 0.5) is 0 Å². The van der Waals surface area contributed by atoms with Gasteiger partial charge in [-0.3, -0.25) is 4.79 Å². The Balaban J connectivity index is 0.00000196. The highest BCUT2D eigenvalue weighted by molar-refractivity contribution is 7.99. The van der Waals surface area contributed by atoms with Gasteiger partial charge < -0.3 is 15.4 Å². The molecule has 0 aliphatic carbocycles. The second kappa shape index (κ2) is 8.21. The maximum absolute atomic E-state index is 11.5. The van der Waals surface area contributed by atoms with Crippen molar-refractivity contribution in [2.45, 2.75) is 18.3 Å². The van der Waals surface area contributed by atoms with Gasteiger partial charge in [0, 0.05) is 24.9 Å². The van der Waals surface area contributed by atoms with Gasteiger partial charge in [0.1, 0.15) is 6.10 Å². The topological polar surface area (TPSA) is 50.4 Å². The Labute approximate surface area is 101 Å². The molecule has 2 atom stereocenters. The van der Waals surface area contributed by atoms with Gasteiger partial charge >= 0.3 is 0 Å². The van der Waals surface area contributed by atoms with E-state index in [1.165, 1.54) is 0 Å². The highest BCUT2D eigenvalue weighted by Crippen LogP contribution is 2.03. The molecule has 90 valence electrons. The molecule has 1 amide bonds. The van der Waals surface area contributed by atoms with Crippen LogP contribution in [0.3, 0.4) is 0 Å². The SMILES string of the molecule is CSC(C)CNC(=O)[C@@H]1CNCCO1.Cl. The average Bonchev–Trinajstić information content (AvgIpc) is 2.26. The van der Waals surface area contributed by atoms with E-state index in [1.54, 1.807) is 11.8 Å². The van der Waals surface area contributed by atoms with E-state index in [0.29, 0.717) is 24.9 Å². The van der Waals surface area contributed by atoms with E-state index < -0.39 is 0 Å². The Hall–Kier alpha value is 0.0300. The van der Waals surface area contributed by atoms with Crippen LogP contribution in [0, 0.1) is 0 Å². The molecule has 0 spiro atoms. The maximum Gasteiger partial charge on any atom is 0.250 e. The van der Waals surface area contributed by atoms with E-state index in [4.69, 9.17) is 4.74 Å². The van der Waals surface area contributed by atoms with E-state index in [9.17, 15) is 4.79 Å². The van der Waals surface area contributed by atoms with Crippen molar-refractivity contribution in [2.24, 2.45) is 0 Å². The van der Waals surface area contributed by atoms with Crippen LogP contribution < -0.4 is 10.6 Å². The first-order chi connectivity index (χ1) is 6.74. The lowest BCUT2D eigenvalue weighted by molar-refractivity contribution is -0.134. The van der Waals surface area contributed by atoms with E-state index >= 15 is 0 Å². The van der Waals surface area contributed by atoms with Crippen molar-refractivity contribution in [2.75, 3.05) is 32.5 Å². The summed E-state index contributed by atoms with van der Waals surface area (Å²) in [5, 5.41) is 6.46. The summed E-state index contributed by atoms with van der Waals surface area (Å²) in [5.41, 5.74) is 0. The summed E-state index contributed by atoms with van der Waals surface area (Å²) in [7, 11) is 0. The number of carbonyl (C=O) groups is 1. The summed E-state index contributed by atoms with van der Waals surface area (Å²) in [4.78, 5) is 11.5.